The van der Waals surface area contributed by atoms with E-state index in [2.05, 4.69) is 73.2 Å². The Morgan fingerprint density at radius 3 is 2.65 bits per heavy atom. The van der Waals surface area contributed by atoms with Gasteiger partial charge in [-0.1, -0.05) is 44.2 Å². The number of nitrogens with zero attached hydrogens (tertiary/aromatic N) is 3. The van der Waals surface area contributed by atoms with Gasteiger partial charge in [0, 0.05) is 37.4 Å². The van der Waals surface area contributed by atoms with Crippen LogP contribution in [0, 0.1) is 6.92 Å². The lowest BCUT2D eigenvalue weighted by molar-refractivity contribution is -0.132. The molecule has 3 heterocycles. The van der Waals surface area contributed by atoms with Crippen LogP contribution in [0.2, 0.25) is 0 Å². The number of carbonyl (C=O) groups is 1. The van der Waals surface area contributed by atoms with E-state index in [-0.39, 0.29) is 5.91 Å². The van der Waals surface area contributed by atoms with Crippen molar-refractivity contribution in [3.05, 3.63) is 71.5 Å². The number of likely N-dealkylation sites (tertiary alicyclic amines) is 1. The highest BCUT2D eigenvalue weighted by molar-refractivity contribution is 5.77. The fourth-order valence-electron chi connectivity index (χ4n) is 4.70. The number of amides is 1. The Morgan fingerprint density at radius 1 is 1.15 bits per heavy atom. The zero-order chi connectivity index (χ0) is 23.7. The molecule has 6 nitrogen and oxygen atoms in total. The van der Waals surface area contributed by atoms with Crippen molar-refractivity contribution < 1.29 is 9.21 Å². The van der Waals surface area contributed by atoms with Crippen molar-refractivity contribution in [2.75, 3.05) is 13.1 Å². The van der Waals surface area contributed by atoms with Gasteiger partial charge < -0.3 is 14.3 Å². The summed E-state index contributed by atoms with van der Waals surface area (Å²) in [4.78, 5) is 27.4. The van der Waals surface area contributed by atoms with Crippen LogP contribution >= 0.6 is 0 Å². The Bertz CT molecular complexity index is 1280. The Balaban J connectivity index is 1.13. The summed E-state index contributed by atoms with van der Waals surface area (Å²) in [7, 11) is 0. The Morgan fingerprint density at radius 2 is 1.91 bits per heavy atom. The van der Waals surface area contributed by atoms with E-state index in [1.165, 1.54) is 11.1 Å². The second kappa shape index (κ2) is 9.45. The average Bonchev–Trinajstić information content (AvgIpc) is 3.49. The third-order valence-corrected chi connectivity index (χ3v) is 6.86. The highest BCUT2D eigenvalue weighted by Crippen LogP contribution is 2.29. The van der Waals surface area contributed by atoms with Gasteiger partial charge in [-0.05, 0) is 48.9 Å². The molecule has 2 aromatic heterocycles. The minimum absolute atomic E-state index is 0.166. The maximum absolute atomic E-state index is 12.8. The molecule has 0 atom stereocenters. The highest BCUT2D eigenvalue weighted by Gasteiger charge is 2.26. The lowest BCUT2D eigenvalue weighted by atomic mass is 9.96. The van der Waals surface area contributed by atoms with Crippen molar-refractivity contribution in [2.45, 2.75) is 58.3 Å². The van der Waals surface area contributed by atoms with Gasteiger partial charge in [0.15, 0.2) is 11.7 Å². The number of imidazole rings is 1. The molecule has 1 aliphatic rings. The van der Waals surface area contributed by atoms with E-state index in [9.17, 15) is 4.79 Å². The molecule has 1 fully saturated rings. The fourth-order valence-corrected chi connectivity index (χ4v) is 4.70. The number of H-pyrrole nitrogens is 1. The van der Waals surface area contributed by atoms with Gasteiger partial charge in [-0.3, -0.25) is 4.79 Å². The average molecular weight is 457 g/mol. The SMILES string of the molecule is Cc1ccc2nc(C3CCN(C(=O)CCc4ncc(-c5ccc(C(C)C)cc5)o4)CC3)[nH]c2c1. The molecule has 0 spiro atoms. The summed E-state index contributed by atoms with van der Waals surface area (Å²) >= 11 is 0. The Hall–Kier alpha value is -3.41. The largest absolute Gasteiger partial charge is 0.441 e. The first-order valence-corrected chi connectivity index (χ1v) is 12.3. The topological polar surface area (TPSA) is 75.0 Å². The zero-order valence-corrected chi connectivity index (χ0v) is 20.2. The normalized spacial score (nSPS) is 14.9. The molecule has 1 aliphatic heterocycles. The number of carbonyl (C=O) groups excluding carboxylic acids is 1. The van der Waals surface area contributed by atoms with E-state index in [4.69, 9.17) is 9.40 Å². The molecule has 2 aromatic carbocycles. The van der Waals surface area contributed by atoms with E-state index >= 15 is 0 Å². The lowest BCUT2D eigenvalue weighted by Crippen LogP contribution is -2.38. The maximum atomic E-state index is 12.8. The van der Waals surface area contributed by atoms with Gasteiger partial charge in [-0.2, -0.15) is 0 Å². The third kappa shape index (κ3) is 4.76. The Kier molecular flexibility index (Phi) is 6.22. The van der Waals surface area contributed by atoms with Crippen LogP contribution in [-0.2, 0) is 11.2 Å². The summed E-state index contributed by atoms with van der Waals surface area (Å²) < 4.78 is 5.93. The number of piperidine rings is 1. The molecule has 0 radical (unpaired) electrons. The van der Waals surface area contributed by atoms with Gasteiger partial charge in [-0.25, -0.2) is 9.97 Å². The third-order valence-electron chi connectivity index (χ3n) is 6.86. The van der Waals surface area contributed by atoms with E-state index in [0.717, 1.165) is 54.1 Å². The molecule has 176 valence electrons. The standard InChI is InChI=1S/C28H32N4O2/c1-18(2)20-5-7-21(8-6-20)25-17-29-26(34-25)10-11-27(33)32-14-12-22(13-15-32)28-30-23-9-4-19(3)16-24(23)31-28/h4-9,16-18,22H,10-15H2,1-3H3,(H,30,31). The first-order valence-electron chi connectivity index (χ1n) is 12.3. The van der Waals surface area contributed by atoms with Crippen molar-refractivity contribution in [3.8, 4) is 11.3 Å². The molecule has 0 unspecified atom stereocenters. The summed E-state index contributed by atoms with van der Waals surface area (Å²) in [6.07, 6.45) is 4.55. The van der Waals surface area contributed by atoms with Gasteiger partial charge in [-0.15, -0.1) is 0 Å². The number of aryl methyl sites for hydroxylation is 2. The van der Waals surface area contributed by atoms with Crippen molar-refractivity contribution >= 4 is 16.9 Å². The molecule has 1 saturated heterocycles. The van der Waals surface area contributed by atoms with Crippen molar-refractivity contribution in [3.63, 3.8) is 0 Å². The molecule has 0 bridgehead atoms. The lowest BCUT2D eigenvalue weighted by Gasteiger charge is -2.31. The van der Waals surface area contributed by atoms with Crippen LogP contribution in [-0.4, -0.2) is 38.8 Å². The number of benzene rings is 2. The molecular weight excluding hydrogens is 424 g/mol. The molecule has 0 aliphatic carbocycles. The Labute approximate surface area is 200 Å². The number of fused-ring (bicyclic) bond motifs is 1. The van der Waals surface area contributed by atoms with Gasteiger partial charge >= 0.3 is 0 Å². The number of hydrogen-bond donors (Lipinski definition) is 1. The maximum Gasteiger partial charge on any atom is 0.223 e. The van der Waals surface area contributed by atoms with Crippen LogP contribution in [0.3, 0.4) is 0 Å². The monoisotopic (exact) mass is 456 g/mol. The highest BCUT2D eigenvalue weighted by atomic mass is 16.4. The number of hydrogen-bond acceptors (Lipinski definition) is 4. The first kappa shape index (κ1) is 22.4. The summed E-state index contributed by atoms with van der Waals surface area (Å²) in [6.45, 7) is 7.98. The predicted octanol–water partition coefficient (Wildman–Crippen LogP) is 5.99. The molecule has 5 rings (SSSR count). The smallest absolute Gasteiger partial charge is 0.223 e. The van der Waals surface area contributed by atoms with E-state index in [0.29, 0.717) is 30.6 Å². The number of rotatable bonds is 6. The second-order valence-electron chi connectivity index (χ2n) is 9.69. The second-order valence-corrected chi connectivity index (χ2v) is 9.69. The number of aromatic amines is 1. The summed E-state index contributed by atoms with van der Waals surface area (Å²) in [5.41, 5.74) is 5.64. The van der Waals surface area contributed by atoms with Crippen LogP contribution in [0.5, 0.6) is 0 Å². The summed E-state index contributed by atoms with van der Waals surface area (Å²) in [6, 6.07) is 14.7. The van der Waals surface area contributed by atoms with Crippen LogP contribution in [0.4, 0.5) is 0 Å². The van der Waals surface area contributed by atoms with Crippen LogP contribution in [0.15, 0.2) is 53.1 Å². The minimum Gasteiger partial charge on any atom is -0.441 e. The van der Waals surface area contributed by atoms with Gasteiger partial charge in [0.1, 0.15) is 5.82 Å². The number of oxazole rings is 1. The molecule has 34 heavy (non-hydrogen) atoms. The van der Waals surface area contributed by atoms with Gasteiger partial charge in [0.2, 0.25) is 5.91 Å². The quantitative estimate of drug-likeness (QED) is 0.387. The minimum atomic E-state index is 0.166. The summed E-state index contributed by atoms with van der Waals surface area (Å²) in [5.74, 6) is 3.44. The molecule has 6 heteroatoms. The van der Waals surface area contributed by atoms with E-state index < -0.39 is 0 Å². The molecule has 4 aromatic rings. The van der Waals surface area contributed by atoms with Crippen LogP contribution in [0.25, 0.3) is 22.4 Å². The number of aromatic nitrogens is 3. The molecule has 1 amide bonds. The molecular formula is C28H32N4O2. The number of nitrogens with one attached hydrogen (secondary N) is 1. The van der Waals surface area contributed by atoms with Crippen LogP contribution < -0.4 is 0 Å². The molecule has 1 N–H and O–H groups in total. The summed E-state index contributed by atoms with van der Waals surface area (Å²) in [5, 5.41) is 0. The van der Waals surface area contributed by atoms with E-state index in [1.54, 1.807) is 6.20 Å². The van der Waals surface area contributed by atoms with E-state index in [1.807, 2.05) is 4.90 Å². The van der Waals surface area contributed by atoms with Crippen molar-refractivity contribution in [1.82, 2.24) is 19.9 Å². The first-order chi connectivity index (χ1) is 16.5. The fraction of sp³-hybridized carbons (Fsp3) is 0.393. The van der Waals surface area contributed by atoms with Crippen LogP contribution in [0.1, 0.15) is 67.8 Å². The van der Waals surface area contributed by atoms with Gasteiger partial charge in [0.05, 0.1) is 17.2 Å². The zero-order valence-electron chi connectivity index (χ0n) is 20.2. The molecule has 0 saturated carbocycles. The van der Waals surface area contributed by atoms with Crippen molar-refractivity contribution in [2.24, 2.45) is 0 Å². The van der Waals surface area contributed by atoms with Crippen molar-refractivity contribution in [1.29, 1.82) is 0 Å². The van der Waals surface area contributed by atoms with Gasteiger partial charge in [0.25, 0.3) is 0 Å². The predicted molar refractivity (Wildman–Crippen MR) is 134 cm³/mol.